The second kappa shape index (κ2) is 6.97. The molecule has 0 aliphatic heterocycles. The van der Waals surface area contributed by atoms with Crippen LogP contribution in [0.15, 0.2) is 64.8 Å². The van der Waals surface area contributed by atoms with Crippen LogP contribution in [0.2, 0.25) is 0 Å². The number of nitro benzene ring substituents is 1. The van der Waals surface area contributed by atoms with Gasteiger partial charge in [0, 0.05) is 24.7 Å². The Morgan fingerprint density at radius 3 is 2.54 bits per heavy atom. The summed E-state index contributed by atoms with van der Waals surface area (Å²) >= 11 is 1.44. The quantitative estimate of drug-likeness (QED) is 0.416. The molecule has 3 aromatic rings. The molecule has 0 saturated heterocycles. The van der Waals surface area contributed by atoms with Crippen molar-refractivity contribution in [1.82, 2.24) is 9.78 Å². The van der Waals surface area contributed by atoms with Gasteiger partial charge in [0.15, 0.2) is 0 Å². The molecule has 0 bridgehead atoms. The van der Waals surface area contributed by atoms with Gasteiger partial charge in [0.05, 0.1) is 11.1 Å². The molecule has 120 valence electrons. The van der Waals surface area contributed by atoms with E-state index in [-0.39, 0.29) is 5.69 Å². The van der Waals surface area contributed by atoms with Gasteiger partial charge < -0.3 is 0 Å². The Bertz CT molecular complexity index is 943. The van der Waals surface area contributed by atoms with E-state index in [1.54, 1.807) is 23.0 Å². The van der Waals surface area contributed by atoms with Crippen LogP contribution in [0.25, 0.3) is 10.6 Å². The molecular formula is C16H13N5O2S. The number of nitrogens with zero attached hydrogens (tertiary/aromatic N) is 5. The van der Waals surface area contributed by atoms with Crippen molar-refractivity contribution in [3.63, 3.8) is 0 Å². The molecule has 2 aromatic carbocycles. The van der Waals surface area contributed by atoms with Gasteiger partial charge in [-0.15, -0.1) is 5.10 Å². The van der Waals surface area contributed by atoms with Crippen molar-refractivity contribution in [2.45, 2.75) is 0 Å². The maximum Gasteiger partial charge on any atom is 0.269 e. The predicted molar refractivity (Wildman–Crippen MR) is 92.8 cm³/mol. The average molecular weight is 339 g/mol. The molecule has 0 saturated carbocycles. The van der Waals surface area contributed by atoms with Gasteiger partial charge in [-0.2, -0.15) is 10.2 Å². The highest BCUT2D eigenvalue weighted by atomic mass is 32.1. The van der Waals surface area contributed by atoms with E-state index in [0.717, 1.165) is 16.1 Å². The van der Waals surface area contributed by atoms with Crippen molar-refractivity contribution in [2.24, 2.45) is 17.3 Å². The third kappa shape index (κ3) is 3.61. The molecule has 1 heterocycles. The molecule has 0 aliphatic carbocycles. The predicted octanol–water partition coefficient (Wildman–Crippen LogP) is 2.99. The first-order valence-electron chi connectivity index (χ1n) is 7.04. The number of aromatic nitrogens is 2. The van der Waals surface area contributed by atoms with Crippen molar-refractivity contribution in [2.75, 3.05) is 0 Å². The van der Waals surface area contributed by atoms with Crippen molar-refractivity contribution >= 4 is 23.2 Å². The molecule has 0 fully saturated rings. The Kier molecular flexibility index (Phi) is 4.57. The van der Waals surface area contributed by atoms with E-state index in [2.05, 4.69) is 15.3 Å². The lowest BCUT2D eigenvalue weighted by Crippen LogP contribution is -2.10. The number of aryl methyl sites for hydroxylation is 1. The summed E-state index contributed by atoms with van der Waals surface area (Å²) in [7, 11) is 1.81. The summed E-state index contributed by atoms with van der Waals surface area (Å²) in [5, 5.41) is 24.1. The maximum absolute atomic E-state index is 10.6. The minimum Gasteiger partial charge on any atom is -0.258 e. The van der Waals surface area contributed by atoms with Crippen LogP contribution in [0.4, 0.5) is 5.69 Å². The van der Waals surface area contributed by atoms with Crippen LogP contribution in [-0.4, -0.2) is 20.9 Å². The lowest BCUT2D eigenvalue weighted by Gasteiger charge is -1.92. The standard InChI is InChI=1S/C16H13N5O2S/c1-20-16(24-15(19-20)13-5-3-2-4-6-13)18-17-11-12-7-9-14(10-8-12)21(22)23/h2-11H,1H3/b17-11+,18-16+. The first kappa shape index (κ1) is 15.8. The average Bonchev–Trinajstić information content (AvgIpc) is 2.97. The lowest BCUT2D eigenvalue weighted by atomic mass is 10.2. The van der Waals surface area contributed by atoms with E-state index in [9.17, 15) is 10.1 Å². The summed E-state index contributed by atoms with van der Waals surface area (Å²) in [6.45, 7) is 0. The van der Waals surface area contributed by atoms with Crippen molar-refractivity contribution in [3.05, 3.63) is 75.1 Å². The maximum atomic E-state index is 10.6. The molecule has 1 aromatic heterocycles. The molecule has 8 heteroatoms. The molecule has 0 unspecified atom stereocenters. The summed E-state index contributed by atoms with van der Waals surface area (Å²) in [5.74, 6) is 0. The highest BCUT2D eigenvalue weighted by Crippen LogP contribution is 2.18. The Balaban J connectivity index is 1.82. The fraction of sp³-hybridized carbons (Fsp3) is 0.0625. The van der Waals surface area contributed by atoms with Crippen LogP contribution in [0.5, 0.6) is 0 Å². The van der Waals surface area contributed by atoms with Crippen LogP contribution >= 0.6 is 11.3 Å². The van der Waals surface area contributed by atoms with E-state index in [1.165, 1.54) is 23.5 Å². The highest BCUT2D eigenvalue weighted by Gasteiger charge is 2.04. The van der Waals surface area contributed by atoms with Gasteiger partial charge >= 0.3 is 0 Å². The zero-order valence-electron chi connectivity index (χ0n) is 12.7. The molecule has 24 heavy (non-hydrogen) atoms. The largest absolute Gasteiger partial charge is 0.269 e. The number of rotatable bonds is 4. The fourth-order valence-corrected chi connectivity index (χ4v) is 2.81. The molecule has 0 radical (unpaired) electrons. The topological polar surface area (TPSA) is 85.7 Å². The Morgan fingerprint density at radius 1 is 1.17 bits per heavy atom. The van der Waals surface area contributed by atoms with Gasteiger partial charge in [-0.3, -0.25) is 10.1 Å². The van der Waals surface area contributed by atoms with Crippen LogP contribution in [0, 0.1) is 10.1 Å². The zero-order chi connectivity index (χ0) is 16.9. The van der Waals surface area contributed by atoms with Crippen LogP contribution < -0.4 is 4.80 Å². The van der Waals surface area contributed by atoms with Crippen LogP contribution in [-0.2, 0) is 7.05 Å². The Morgan fingerprint density at radius 2 is 1.88 bits per heavy atom. The van der Waals surface area contributed by atoms with Crippen molar-refractivity contribution in [3.8, 4) is 10.6 Å². The molecular weight excluding hydrogens is 326 g/mol. The Labute approximate surface area is 141 Å². The minimum absolute atomic E-state index is 0.0467. The minimum atomic E-state index is -0.437. The van der Waals surface area contributed by atoms with Gasteiger partial charge in [-0.1, -0.05) is 41.7 Å². The lowest BCUT2D eigenvalue weighted by molar-refractivity contribution is -0.384. The highest BCUT2D eigenvalue weighted by molar-refractivity contribution is 7.12. The molecule has 0 atom stereocenters. The van der Waals surface area contributed by atoms with Crippen LogP contribution in [0.3, 0.4) is 0 Å². The molecule has 3 rings (SSSR count). The van der Waals surface area contributed by atoms with Gasteiger partial charge in [0.1, 0.15) is 5.01 Å². The number of hydrogen-bond donors (Lipinski definition) is 0. The van der Waals surface area contributed by atoms with E-state index in [4.69, 9.17) is 0 Å². The molecule has 0 aliphatic rings. The molecule has 0 N–H and O–H groups in total. The first-order chi connectivity index (χ1) is 11.6. The van der Waals surface area contributed by atoms with E-state index >= 15 is 0 Å². The number of hydrogen-bond acceptors (Lipinski definition) is 6. The molecule has 7 nitrogen and oxygen atoms in total. The first-order valence-corrected chi connectivity index (χ1v) is 7.86. The summed E-state index contributed by atoms with van der Waals surface area (Å²) in [4.78, 5) is 10.8. The monoisotopic (exact) mass is 339 g/mol. The Hall–Kier alpha value is -3.13. The summed E-state index contributed by atoms with van der Waals surface area (Å²) < 4.78 is 1.67. The second-order valence-electron chi connectivity index (χ2n) is 4.87. The summed E-state index contributed by atoms with van der Waals surface area (Å²) in [6, 6.07) is 16.0. The van der Waals surface area contributed by atoms with E-state index in [1.807, 2.05) is 37.4 Å². The van der Waals surface area contributed by atoms with Gasteiger partial charge in [-0.05, 0) is 17.7 Å². The number of nitro groups is 1. The van der Waals surface area contributed by atoms with Crippen molar-refractivity contribution < 1.29 is 4.92 Å². The summed E-state index contributed by atoms with van der Waals surface area (Å²) in [5.41, 5.74) is 1.81. The summed E-state index contributed by atoms with van der Waals surface area (Å²) in [6.07, 6.45) is 1.55. The van der Waals surface area contributed by atoms with Gasteiger partial charge in [-0.25, -0.2) is 4.68 Å². The van der Waals surface area contributed by atoms with Crippen molar-refractivity contribution in [1.29, 1.82) is 0 Å². The third-order valence-electron chi connectivity index (χ3n) is 3.18. The molecule has 0 amide bonds. The smallest absolute Gasteiger partial charge is 0.258 e. The number of benzene rings is 2. The molecule has 0 spiro atoms. The van der Waals surface area contributed by atoms with Crippen LogP contribution in [0.1, 0.15) is 5.56 Å². The normalized spacial score (nSPS) is 12.0. The van der Waals surface area contributed by atoms with E-state index in [0.29, 0.717) is 4.80 Å². The van der Waals surface area contributed by atoms with E-state index < -0.39 is 4.92 Å². The zero-order valence-corrected chi connectivity index (χ0v) is 13.6. The SMILES string of the molecule is Cn1nc(-c2ccccc2)s/c1=N/N=C/c1ccc([N+](=O)[O-])cc1. The third-order valence-corrected chi connectivity index (χ3v) is 4.22. The van der Waals surface area contributed by atoms with Gasteiger partial charge in [0.2, 0.25) is 4.80 Å². The van der Waals surface area contributed by atoms with Gasteiger partial charge in [0.25, 0.3) is 5.69 Å². The number of non-ortho nitro benzene ring substituents is 1. The second-order valence-corrected chi connectivity index (χ2v) is 5.83. The fourth-order valence-electron chi connectivity index (χ4n) is 1.96.